The SMILES string of the molecule is CCc1ccc(Cl)nc1OC. The second-order valence-electron chi connectivity index (χ2n) is 2.16. The number of pyridine rings is 1. The molecular weight excluding hydrogens is 162 g/mol. The first-order chi connectivity index (χ1) is 5.27. The number of methoxy groups -OCH3 is 1. The summed E-state index contributed by atoms with van der Waals surface area (Å²) in [4.78, 5) is 4.01. The molecule has 1 aromatic rings. The van der Waals surface area contributed by atoms with Gasteiger partial charge in [0, 0.05) is 5.56 Å². The van der Waals surface area contributed by atoms with Gasteiger partial charge < -0.3 is 4.74 Å². The summed E-state index contributed by atoms with van der Waals surface area (Å²) in [5, 5.41) is 0.471. The Morgan fingerprint density at radius 2 is 2.27 bits per heavy atom. The van der Waals surface area contributed by atoms with Crippen molar-refractivity contribution in [3.05, 3.63) is 22.8 Å². The summed E-state index contributed by atoms with van der Waals surface area (Å²) < 4.78 is 5.02. The van der Waals surface area contributed by atoms with Crippen LogP contribution >= 0.6 is 11.6 Å². The van der Waals surface area contributed by atoms with Crippen molar-refractivity contribution < 1.29 is 4.74 Å². The third kappa shape index (κ3) is 1.84. The summed E-state index contributed by atoms with van der Waals surface area (Å²) in [6, 6.07) is 3.69. The van der Waals surface area contributed by atoms with Crippen molar-refractivity contribution in [2.75, 3.05) is 7.11 Å². The second-order valence-corrected chi connectivity index (χ2v) is 2.54. The van der Waals surface area contributed by atoms with Crippen molar-refractivity contribution in [3.63, 3.8) is 0 Å². The molecule has 0 spiro atoms. The highest BCUT2D eigenvalue weighted by atomic mass is 35.5. The molecule has 0 saturated carbocycles. The third-order valence-corrected chi connectivity index (χ3v) is 1.69. The maximum atomic E-state index is 5.66. The zero-order valence-electron chi connectivity index (χ0n) is 6.60. The smallest absolute Gasteiger partial charge is 0.217 e. The maximum Gasteiger partial charge on any atom is 0.217 e. The first-order valence-electron chi connectivity index (χ1n) is 3.47. The highest BCUT2D eigenvalue weighted by Crippen LogP contribution is 2.18. The van der Waals surface area contributed by atoms with Gasteiger partial charge in [0.15, 0.2) is 0 Å². The lowest BCUT2D eigenvalue weighted by Crippen LogP contribution is -1.93. The summed E-state index contributed by atoms with van der Waals surface area (Å²) >= 11 is 5.66. The fraction of sp³-hybridized carbons (Fsp3) is 0.375. The van der Waals surface area contributed by atoms with Crippen LogP contribution in [0.1, 0.15) is 12.5 Å². The van der Waals surface area contributed by atoms with Gasteiger partial charge in [0.2, 0.25) is 5.88 Å². The van der Waals surface area contributed by atoms with E-state index >= 15 is 0 Å². The molecule has 2 nitrogen and oxygen atoms in total. The Bertz CT molecular complexity index is 250. The second kappa shape index (κ2) is 3.58. The minimum Gasteiger partial charge on any atom is -0.481 e. The van der Waals surface area contributed by atoms with Crippen LogP contribution in [0.2, 0.25) is 5.15 Å². The monoisotopic (exact) mass is 171 g/mol. The molecule has 60 valence electrons. The number of nitrogens with zero attached hydrogens (tertiary/aromatic N) is 1. The average molecular weight is 172 g/mol. The quantitative estimate of drug-likeness (QED) is 0.638. The van der Waals surface area contributed by atoms with E-state index in [1.165, 1.54) is 0 Å². The van der Waals surface area contributed by atoms with Crippen molar-refractivity contribution in [1.29, 1.82) is 0 Å². The molecule has 0 aliphatic rings. The van der Waals surface area contributed by atoms with E-state index in [1.807, 2.05) is 13.0 Å². The summed E-state index contributed by atoms with van der Waals surface area (Å²) in [5.74, 6) is 0.625. The first-order valence-corrected chi connectivity index (χ1v) is 3.85. The van der Waals surface area contributed by atoms with Gasteiger partial charge in [-0.2, -0.15) is 0 Å². The van der Waals surface area contributed by atoms with E-state index in [2.05, 4.69) is 4.98 Å². The fourth-order valence-corrected chi connectivity index (χ4v) is 1.03. The minimum absolute atomic E-state index is 0.471. The van der Waals surface area contributed by atoms with E-state index in [4.69, 9.17) is 16.3 Å². The molecule has 0 saturated heterocycles. The number of hydrogen-bond donors (Lipinski definition) is 0. The molecule has 1 heterocycles. The Kier molecular flexibility index (Phi) is 2.71. The van der Waals surface area contributed by atoms with E-state index in [0.717, 1.165) is 12.0 Å². The van der Waals surface area contributed by atoms with Gasteiger partial charge in [-0.05, 0) is 12.5 Å². The summed E-state index contributed by atoms with van der Waals surface area (Å²) in [6.45, 7) is 2.05. The van der Waals surface area contributed by atoms with Gasteiger partial charge in [-0.25, -0.2) is 4.98 Å². The van der Waals surface area contributed by atoms with E-state index in [1.54, 1.807) is 13.2 Å². The van der Waals surface area contributed by atoms with Crippen molar-refractivity contribution in [2.24, 2.45) is 0 Å². The summed E-state index contributed by atoms with van der Waals surface area (Å²) in [5.41, 5.74) is 1.08. The highest BCUT2D eigenvalue weighted by Gasteiger charge is 2.01. The molecule has 3 heteroatoms. The van der Waals surface area contributed by atoms with Crippen molar-refractivity contribution in [1.82, 2.24) is 4.98 Å². The summed E-state index contributed by atoms with van der Waals surface area (Å²) in [7, 11) is 1.60. The Morgan fingerprint density at radius 3 is 2.82 bits per heavy atom. The lowest BCUT2D eigenvalue weighted by Gasteiger charge is -2.03. The van der Waals surface area contributed by atoms with Gasteiger partial charge in [-0.15, -0.1) is 0 Å². The molecule has 0 aliphatic heterocycles. The predicted octanol–water partition coefficient (Wildman–Crippen LogP) is 2.31. The van der Waals surface area contributed by atoms with Gasteiger partial charge in [0.05, 0.1) is 7.11 Å². The average Bonchev–Trinajstić information content (AvgIpc) is 2.04. The van der Waals surface area contributed by atoms with E-state index < -0.39 is 0 Å². The Labute approximate surface area is 71.2 Å². The molecule has 0 amide bonds. The van der Waals surface area contributed by atoms with Crippen LogP contribution in [0.3, 0.4) is 0 Å². The lowest BCUT2D eigenvalue weighted by molar-refractivity contribution is 0.393. The van der Waals surface area contributed by atoms with Gasteiger partial charge in [-0.1, -0.05) is 24.6 Å². The van der Waals surface area contributed by atoms with Gasteiger partial charge in [-0.3, -0.25) is 0 Å². The Balaban J connectivity index is 3.06. The van der Waals surface area contributed by atoms with Crippen LogP contribution in [0.5, 0.6) is 5.88 Å². The van der Waals surface area contributed by atoms with Gasteiger partial charge in [0.25, 0.3) is 0 Å². The van der Waals surface area contributed by atoms with E-state index in [0.29, 0.717) is 11.0 Å². The topological polar surface area (TPSA) is 22.1 Å². The summed E-state index contributed by atoms with van der Waals surface area (Å²) in [6.07, 6.45) is 0.910. The normalized spacial score (nSPS) is 9.73. The highest BCUT2D eigenvalue weighted by molar-refractivity contribution is 6.29. The number of halogens is 1. The molecule has 0 aromatic carbocycles. The number of aromatic nitrogens is 1. The molecular formula is C8H10ClNO. The molecule has 0 unspecified atom stereocenters. The number of hydrogen-bond acceptors (Lipinski definition) is 2. The van der Waals surface area contributed by atoms with Crippen LogP contribution < -0.4 is 4.74 Å². The van der Waals surface area contributed by atoms with Crippen molar-refractivity contribution in [2.45, 2.75) is 13.3 Å². The fourth-order valence-electron chi connectivity index (χ4n) is 0.893. The van der Waals surface area contributed by atoms with E-state index in [9.17, 15) is 0 Å². The molecule has 1 rings (SSSR count). The zero-order valence-corrected chi connectivity index (χ0v) is 7.35. The van der Waals surface area contributed by atoms with Crippen molar-refractivity contribution in [3.8, 4) is 5.88 Å². The standard InChI is InChI=1S/C8H10ClNO/c1-3-6-4-5-7(9)10-8(6)11-2/h4-5H,3H2,1-2H3. The maximum absolute atomic E-state index is 5.66. The molecule has 0 fully saturated rings. The Morgan fingerprint density at radius 1 is 1.55 bits per heavy atom. The largest absolute Gasteiger partial charge is 0.481 e. The number of aryl methyl sites for hydroxylation is 1. The van der Waals surface area contributed by atoms with Crippen LogP contribution in [0, 0.1) is 0 Å². The van der Waals surface area contributed by atoms with Gasteiger partial charge >= 0.3 is 0 Å². The molecule has 0 aliphatic carbocycles. The Hall–Kier alpha value is -0.760. The van der Waals surface area contributed by atoms with Crippen molar-refractivity contribution >= 4 is 11.6 Å². The van der Waals surface area contributed by atoms with Crippen LogP contribution in [0.25, 0.3) is 0 Å². The molecule has 1 aromatic heterocycles. The van der Waals surface area contributed by atoms with Crippen LogP contribution in [0.15, 0.2) is 12.1 Å². The van der Waals surface area contributed by atoms with Crippen LogP contribution in [-0.2, 0) is 6.42 Å². The molecule has 0 bridgehead atoms. The van der Waals surface area contributed by atoms with Crippen LogP contribution in [-0.4, -0.2) is 12.1 Å². The number of rotatable bonds is 2. The third-order valence-electron chi connectivity index (χ3n) is 1.48. The first kappa shape index (κ1) is 8.34. The predicted molar refractivity (Wildman–Crippen MR) is 45.2 cm³/mol. The zero-order chi connectivity index (χ0) is 8.27. The van der Waals surface area contributed by atoms with E-state index in [-0.39, 0.29) is 0 Å². The molecule has 0 radical (unpaired) electrons. The number of ether oxygens (including phenoxy) is 1. The molecule has 0 atom stereocenters. The molecule has 0 N–H and O–H groups in total. The minimum atomic E-state index is 0.471. The lowest BCUT2D eigenvalue weighted by atomic mass is 10.2. The molecule has 11 heavy (non-hydrogen) atoms. The van der Waals surface area contributed by atoms with Crippen LogP contribution in [0.4, 0.5) is 0 Å². The van der Waals surface area contributed by atoms with Gasteiger partial charge in [0.1, 0.15) is 5.15 Å².